The third-order valence-corrected chi connectivity index (χ3v) is 3.79. The Hall–Kier alpha value is -3.42. The second-order valence-corrected chi connectivity index (χ2v) is 5.12. The standard InChI is InChI=1S/C15H10O8/c1-3-2-4-5(11(19)8(3)16)10(18)7-6(9(4)17)12(20)14(22)15(23)13(7)21/h2,16,19-23H,1H3. The van der Waals surface area contributed by atoms with Gasteiger partial charge in [-0.2, -0.15) is 0 Å². The third-order valence-electron chi connectivity index (χ3n) is 3.79. The lowest BCUT2D eigenvalue weighted by Gasteiger charge is -2.22. The summed E-state index contributed by atoms with van der Waals surface area (Å²) >= 11 is 0. The van der Waals surface area contributed by atoms with Crippen LogP contribution in [-0.2, 0) is 0 Å². The molecule has 8 nitrogen and oxygen atoms in total. The van der Waals surface area contributed by atoms with Crippen molar-refractivity contribution in [1.29, 1.82) is 0 Å². The third kappa shape index (κ3) is 1.60. The number of phenols is 6. The van der Waals surface area contributed by atoms with E-state index in [0.29, 0.717) is 0 Å². The molecule has 1 aliphatic carbocycles. The Morgan fingerprint density at radius 1 is 0.609 bits per heavy atom. The van der Waals surface area contributed by atoms with Crippen LogP contribution in [0.15, 0.2) is 6.07 Å². The molecule has 0 heterocycles. The van der Waals surface area contributed by atoms with Gasteiger partial charge in [-0.05, 0) is 18.6 Å². The van der Waals surface area contributed by atoms with Crippen LogP contribution < -0.4 is 0 Å². The summed E-state index contributed by atoms with van der Waals surface area (Å²) in [6.07, 6.45) is 0. The largest absolute Gasteiger partial charge is 0.504 e. The summed E-state index contributed by atoms with van der Waals surface area (Å²) in [5.41, 5.74) is -2.23. The van der Waals surface area contributed by atoms with Crippen molar-refractivity contribution in [1.82, 2.24) is 0 Å². The topological polar surface area (TPSA) is 156 Å². The van der Waals surface area contributed by atoms with Gasteiger partial charge in [-0.3, -0.25) is 9.59 Å². The monoisotopic (exact) mass is 318 g/mol. The first-order valence-electron chi connectivity index (χ1n) is 6.33. The van der Waals surface area contributed by atoms with Gasteiger partial charge in [0.25, 0.3) is 0 Å². The number of carbonyl (C=O) groups excluding carboxylic acids is 2. The van der Waals surface area contributed by atoms with Gasteiger partial charge in [0.15, 0.2) is 28.8 Å². The minimum atomic E-state index is -1.18. The average molecular weight is 318 g/mol. The Labute approximate surface area is 128 Å². The van der Waals surface area contributed by atoms with Crippen molar-refractivity contribution >= 4 is 11.6 Å². The second kappa shape index (κ2) is 4.29. The van der Waals surface area contributed by atoms with E-state index in [2.05, 4.69) is 0 Å². The maximum atomic E-state index is 12.5. The predicted octanol–water partition coefficient (Wildman–Crippen LogP) is 1.00. The molecule has 0 spiro atoms. The number of hydrogen-bond acceptors (Lipinski definition) is 8. The zero-order valence-corrected chi connectivity index (χ0v) is 11.6. The van der Waals surface area contributed by atoms with E-state index in [0.717, 1.165) is 6.07 Å². The van der Waals surface area contributed by atoms with Gasteiger partial charge in [-0.15, -0.1) is 0 Å². The number of aryl methyl sites for hydroxylation is 1. The van der Waals surface area contributed by atoms with Crippen LogP contribution in [0.4, 0.5) is 0 Å². The first kappa shape index (κ1) is 14.5. The minimum absolute atomic E-state index is 0.109. The van der Waals surface area contributed by atoms with Gasteiger partial charge < -0.3 is 30.6 Å². The molecular formula is C15H10O8. The van der Waals surface area contributed by atoms with E-state index in [1.54, 1.807) is 0 Å². The molecule has 0 amide bonds. The highest BCUT2D eigenvalue weighted by atomic mass is 16.3. The van der Waals surface area contributed by atoms with Crippen molar-refractivity contribution in [3.63, 3.8) is 0 Å². The molecule has 0 radical (unpaired) electrons. The molecule has 3 rings (SSSR count). The lowest BCUT2D eigenvalue weighted by Crippen LogP contribution is -2.22. The maximum absolute atomic E-state index is 12.5. The van der Waals surface area contributed by atoms with Crippen LogP contribution >= 0.6 is 0 Å². The van der Waals surface area contributed by atoms with Crippen LogP contribution in [0.25, 0.3) is 0 Å². The number of carbonyl (C=O) groups is 2. The Morgan fingerprint density at radius 3 is 1.57 bits per heavy atom. The number of benzene rings is 2. The molecule has 0 unspecified atom stereocenters. The molecule has 0 atom stereocenters. The highest BCUT2D eigenvalue weighted by molar-refractivity contribution is 6.32. The number of fused-ring (bicyclic) bond motifs is 2. The molecule has 0 aliphatic heterocycles. The molecule has 6 N–H and O–H groups in total. The van der Waals surface area contributed by atoms with E-state index in [1.165, 1.54) is 6.92 Å². The van der Waals surface area contributed by atoms with Crippen molar-refractivity contribution in [3.05, 3.63) is 33.9 Å². The lowest BCUT2D eigenvalue weighted by molar-refractivity contribution is 0.0969. The molecule has 0 saturated heterocycles. The predicted molar refractivity (Wildman–Crippen MR) is 74.5 cm³/mol. The van der Waals surface area contributed by atoms with Gasteiger partial charge in [0, 0.05) is 5.56 Å². The number of rotatable bonds is 0. The van der Waals surface area contributed by atoms with Crippen LogP contribution in [0.3, 0.4) is 0 Å². The molecule has 2 aromatic rings. The van der Waals surface area contributed by atoms with Crippen molar-refractivity contribution in [3.8, 4) is 34.5 Å². The van der Waals surface area contributed by atoms with Crippen LogP contribution in [0, 0.1) is 6.92 Å². The van der Waals surface area contributed by atoms with E-state index in [-0.39, 0.29) is 11.1 Å². The number of aromatic hydroxyl groups is 6. The van der Waals surface area contributed by atoms with Gasteiger partial charge in [-0.1, -0.05) is 0 Å². The Kier molecular flexibility index (Phi) is 2.71. The summed E-state index contributed by atoms with van der Waals surface area (Å²) in [7, 11) is 0. The molecule has 2 aromatic carbocycles. The smallest absolute Gasteiger partial charge is 0.205 e. The van der Waals surface area contributed by atoms with E-state index >= 15 is 0 Å². The SMILES string of the molecule is Cc1cc2c(c(O)c1O)C(=O)c1c(O)c(O)c(O)c(O)c1C2=O. The summed E-state index contributed by atoms with van der Waals surface area (Å²) in [5, 5.41) is 58.4. The Morgan fingerprint density at radius 2 is 1.04 bits per heavy atom. The Bertz CT molecular complexity index is 926. The van der Waals surface area contributed by atoms with Crippen molar-refractivity contribution in [2.24, 2.45) is 0 Å². The fraction of sp³-hybridized carbons (Fsp3) is 0.0667. The Balaban J connectivity index is 2.48. The van der Waals surface area contributed by atoms with Gasteiger partial charge in [0.05, 0.1) is 16.7 Å². The molecule has 1 aliphatic rings. The second-order valence-electron chi connectivity index (χ2n) is 5.12. The van der Waals surface area contributed by atoms with Gasteiger partial charge >= 0.3 is 0 Å². The number of phenolic OH excluding ortho intramolecular Hbond substituents is 6. The van der Waals surface area contributed by atoms with E-state index in [4.69, 9.17) is 0 Å². The first-order chi connectivity index (χ1) is 10.7. The van der Waals surface area contributed by atoms with E-state index in [9.17, 15) is 40.2 Å². The fourth-order valence-electron chi connectivity index (χ4n) is 2.60. The van der Waals surface area contributed by atoms with Gasteiger partial charge in [0.2, 0.25) is 17.3 Å². The minimum Gasteiger partial charge on any atom is -0.504 e. The normalized spacial score (nSPS) is 12.9. The highest BCUT2D eigenvalue weighted by Gasteiger charge is 2.40. The quantitative estimate of drug-likeness (QED) is 0.265. The summed E-state index contributed by atoms with van der Waals surface area (Å²) in [6.45, 7) is 1.38. The van der Waals surface area contributed by atoms with E-state index < -0.39 is 62.8 Å². The summed E-state index contributed by atoms with van der Waals surface area (Å²) in [4.78, 5) is 25.0. The van der Waals surface area contributed by atoms with E-state index in [1.807, 2.05) is 0 Å². The summed E-state index contributed by atoms with van der Waals surface area (Å²) in [5.74, 6) is -8.02. The molecule has 0 bridgehead atoms. The molecular weight excluding hydrogens is 308 g/mol. The maximum Gasteiger partial charge on any atom is 0.205 e. The van der Waals surface area contributed by atoms with Crippen molar-refractivity contribution in [2.45, 2.75) is 6.92 Å². The van der Waals surface area contributed by atoms with Gasteiger partial charge in [0.1, 0.15) is 0 Å². The average Bonchev–Trinajstić information content (AvgIpc) is 2.51. The van der Waals surface area contributed by atoms with Crippen molar-refractivity contribution in [2.75, 3.05) is 0 Å². The van der Waals surface area contributed by atoms with Crippen molar-refractivity contribution < 1.29 is 40.2 Å². The summed E-state index contributed by atoms with van der Waals surface area (Å²) < 4.78 is 0. The molecule has 118 valence electrons. The van der Waals surface area contributed by atoms with Crippen LogP contribution in [0.1, 0.15) is 37.4 Å². The molecule has 8 heteroatoms. The fourth-order valence-corrected chi connectivity index (χ4v) is 2.60. The summed E-state index contributed by atoms with van der Waals surface area (Å²) in [6, 6.07) is 1.13. The molecule has 23 heavy (non-hydrogen) atoms. The lowest BCUT2D eigenvalue weighted by atomic mass is 9.81. The zero-order chi connectivity index (χ0) is 17.2. The number of hydrogen-bond donors (Lipinski definition) is 6. The highest BCUT2D eigenvalue weighted by Crippen LogP contribution is 2.51. The van der Waals surface area contributed by atoms with Gasteiger partial charge in [-0.25, -0.2) is 0 Å². The van der Waals surface area contributed by atoms with Crippen LogP contribution in [0.5, 0.6) is 34.5 Å². The molecule has 0 aromatic heterocycles. The molecule has 0 fully saturated rings. The van der Waals surface area contributed by atoms with Crippen LogP contribution in [-0.4, -0.2) is 42.2 Å². The van der Waals surface area contributed by atoms with Crippen LogP contribution in [0.2, 0.25) is 0 Å². The first-order valence-corrected chi connectivity index (χ1v) is 6.33. The zero-order valence-electron chi connectivity index (χ0n) is 11.6. The molecule has 0 saturated carbocycles. The number of ketones is 2.